The van der Waals surface area contributed by atoms with E-state index in [1.165, 1.54) is 6.07 Å². The molecule has 0 atom stereocenters. The lowest BCUT2D eigenvalue weighted by Crippen LogP contribution is -1.99. The maximum atomic E-state index is 12.2. The van der Waals surface area contributed by atoms with E-state index < -0.39 is 0 Å². The minimum absolute atomic E-state index is 0.0919. The van der Waals surface area contributed by atoms with Crippen LogP contribution in [0.1, 0.15) is 21.5 Å². The number of allylic oxidation sites excluding steroid dienone is 1. The maximum absolute atomic E-state index is 12.2. The normalized spacial score (nSPS) is 15.4. The minimum Gasteiger partial charge on any atom is -0.508 e. The van der Waals surface area contributed by atoms with Crippen LogP contribution in [0, 0.1) is 6.92 Å². The maximum Gasteiger partial charge on any atom is 0.232 e. The molecule has 4 heteroatoms. The third-order valence-corrected chi connectivity index (χ3v) is 2.96. The molecule has 0 spiro atoms. The van der Waals surface area contributed by atoms with Crippen LogP contribution in [0.5, 0.6) is 11.5 Å². The summed E-state index contributed by atoms with van der Waals surface area (Å²) in [6, 6.07) is 6.58. The molecule has 2 aromatic rings. The van der Waals surface area contributed by atoms with Crippen LogP contribution < -0.4 is 4.74 Å². The first-order valence-corrected chi connectivity index (χ1v) is 5.83. The molecule has 0 saturated heterocycles. The van der Waals surface area contributed by atoms with Gasteiger partial charge in [-0.05, 0) is 42.3 Å². The topological polar surface area (TPSA) is 59.4 Å². The molecule has 0 radical (unpaired) electrons. The SMILES string of the molecule is Cc1cc(O)cc2c1C(=O)/C(=C/c1ccncc1)O2. The van der Waals surface area contributed by atoms with Crippen LogP contribution in [0.3, 0.4) is 0 Å². The average Bonchev–Trinajstić information content (AvgIpc) is 2.67. The number of aryl methyl sites for hydroxylation is 1. The fourth-order valence-corrected chi connectivity index (χ4v) is 2.10. The van der Waals surface area contributed by atoms with Crippen molar-refractivity contribution in [3.8, 4) is 11.5 Å². The molecule has 0 amide bonds. The number of benzene rings is 1. The smallest absolute Gasteiger partial charge is 0.232 e. The predicted octanol–water partition coefficient (Wildman–Crippen LogP) is 2.71. The Kier molecular flexibility index (Phi) is 2.56. The van der Waals surface area contributed by atoms with Crippen molar-refractivity contribution >= 4 is 11.9 Å². The number of hydrogen-bond donors (Lipinski definition) is 1. The molecule has 19 heavy (non-hydrogen) atoms. The number of phenolic OH excluding ortho intramolecular Hbond substituents is 1. The van der Waals surface area contributed by atoms with E-state index >= 15 is 0 Å². The summed E-state index contributed by atoms with van der Waals surface area (Å²) in [5, 5.41) is 9.52. The second-order valence-corrected chi connectivity index (χ2v) is 4.36. The molecule has 1 aromatic heterocycles. The van der Waals surface area contributed by atoms with Gasteiger partial charge in [-0.15, -0.1) is 0 Å². The second-order valence-electron chi connectivity index (χ2n) is 4.36. The molecule has 1 N–H and O–H groups in total. The summed E-state index contributed by atoms with van der Waals surface area (Å²) >= 11 is 0. The highest BCUT2D eigenvalue weighted by Gasteiger charge is 2.29. The van der Waals surface area contributed by atoms with Gasteiger partial charge in [0.15, 0.2) is 5.76 Å². The average molecular weight is 253 g/mol. The van der Waals surface area contributed by atoms with Crippen molar-refractivity contribution < 1.29 is 14.6 Å². The van der Waals surface area contributed by atoms with E-state index in [0.717, 1.165) is 5.56 Å². The number of carbonyl (C=O) groups excluding carboxylic acids is 1. The van der Waals surface area contributed by atoms with Crippen molar-refractivity contribution in [2.45, 2.75) is 6.92 Å². The third-order valence-electron chi connectivity index (χ3n) is 2.96. The van der Waals surface area contributed by atoms with Crippen molar-refractivity contribution in [3.05, 3.63) is 59.1 Å². The van der Waals surface area contributed by atoms with Crippen LogP contribution in [0.4, 0.5) is 0 Å². The van der Waals surface area contributed by atoms with E-state index in [9.17, 15) is 9.90 Å². The number of rotatable bonds is 1. The lowest BCUT2D eigenvalue weighted by Gasteiger charge is -2.00. The number of nitrogens with zero attached hydrogens (tertiary/aromatic N) is 1. The summed E-state index contributed by atoms with van der Waals surface area (Å²) in [4.78, 5) is 16.2. The number of ketones is 1. The molecule has 0 saturated carbocycles. The van der Waals surface area contributed by atoms with E-state index in [1.807, 2.05) is 0 Å². The van der Waals surface area contributed by atoms with Crippen LogP contribution >= 0.6 is 0 Å². The van der Waals surface area contributed by atoms with Gasteiger partial charge in [-0.3, -0.25) is 9.78 Å². The van der Waals surface area contributed by atoms with Gasteiger partial charge in [0.25, 0.3) is 0 Å². The molecule has 0 aliphatic carbocycles. The van der Waals surface area contributed by atoms with Gasteiger partial charge in [-0.2, -0.15) is 0 Å². The number of aromatic nitrogens is 1. The number of hydrogen-bond acceptors (Lipinski definition) is 4. The lowest BCUT2D eigenvalue weighted by atomic mass is 10.0. The van der Waals surface area contributed by atoms with E-state index in [1.54, 1.807) is 43.6 Å². The Morgan fingerprint density at radius 1 is 1.26 bits per heavy atom. The molecule has 4 nitrogen and oxygen atoms in total. The first-order valence-electron chi connectivity index (χ1n) is 5.83. The number of aromatic hydroxyl groups is 1. The van der Waals surface area contributed by atoms with Crippen molar-refractivity contribution in [1.29, 1.82) is 0 Å². The van der Waals surface area contributed by atoms with Crippen LogP contribution in [0.15, 0.2) is 42.4 Å². The van der Waals surface area contributed by atoms with Crippen molar-refractivity contribution in [2.75, 3.05) is 0 Å². The summed E-state index contributed by atoms with van der Waals surface area (Å²) in [7, 11) is 0. The zero-order chi connectivity index (χ0) is 13.4. The van der Waals surface area contributed by atoms with Gasteiger partial charge in [0, 0.05) is 18.5 Å². The first-order chi connectivity index (χ1) is 9.15. The molecule has 0 fully saturated rings. The fourth-order valence-electron chi connectivity index (χ4n) is 2.10. The third kappa shape index (κ3) is 1.97. The Morgan fingerprint density at radius 2 is 2.00 bits per heavy atom. The monoisotopic (exact) mass is 253 g/mol. The molecule has 0 unspecified atom stereocenters. The van der Waals surface area contributed by atoms with Crippen LogP contribution in [0.2, 0.25) is 0 Å². The van der Waals surface area contributed by atoms with Gasteiger partial charge in [-0.25, -0.2) is 0 Å². The van der Waals surface area contributed by atoms with Crippen molar-refractivity contribution in [2.24, 2.45) is 0 Å². The highest BCUT2D eigenvalue weighted by Crippen LogP contribution is 2.36. The number of phenols is 1. The number of carbonyl (C=O) groups is 1. The molecule has 1 aliphatic heterocycles. The van der Waals surface area contributed by atoms with Crippen molar-refractivity contribution in [3.63, 3.8) is 0 Å². The van der Waals surface area contributed by atoms with Gasteiger partial charge in [0.1, 0.15) is 11.5 Å². The van der Waals surface area contributed by atoms with Gasteiger partial charge in [0.05, 0.1) is 5.56 Å². The molecule has 3 rings (SSSR count). The van der Waals surface area contributed by atoms with E-state index in [2.05, 4.69) is 4.98 Å². The Balaban J connectivity index is 2.05. The molecular formula is C15H11NO3. The Morgan fingerprint density at radius 3 is 2.74 bits per heavy atom. The Labute approximate surface area is 110 Å². The standard InChI is InChI=1S/C15H11NO3/c1-9-6-11(17)8-12-14(9)15(18)13(19-12)7-10-2-4-16-5-3-10/h2-8,17H,1H3/b13-7-. The lowest BCUT2D eigenvalue weighted by molar-refractivity contribution is 0.101. The van der Waals surface area contributed by atoms with Gasteiger partial charge >= 0.3 is 0 Å². The molecule has 0 bridgehead atoms. The van der Waals surface area contributed by atoms with Crippen LogP contribution in [-0.4, -0.2) is 15.9 Å². The number of pyridine rings is 1. The zero-order valence-electron chi connectivity index (χ0n) is 10.3. The van der Waals surface area contributed by atoms with E-state index in [-0.39, 0.29) is 17.3 Å². The Bertz CT molecular complexity index is 690. The fraction of sp³-hybridized carbons (Fsp3) is 0.0667. The molecule has 94 valence electrons. The predicted molar refractivity (Wildman–Crippen MR) is 70.0 cm³/mol. The molecule has 1 aromatic carbocycles. The van der Waals surface area contributed by atoms with E-state index in [0.29, 0.717) is 16.9 Å². The highest BCUT2D eigenvalue weighted by atomic mass is 16.5. The van der Waals surface area contributed by atoms with Gasteiger partial charge in [0.2, 0.25) is 5.78 Å². The number of Topliss-reactive ketones (excluding diaryl/α,β-unsaturated/α-hetero) is 1. The molecular weight excluding hydrogens is 242 g/mol. The van der Waals surface area contributed by atoms with Gasteiger partial charge < -0.3 is 9.84 Å². The Hall–Kier alpha value is -2.62. The second kappa shape index (κ2) is 4.24. The summed E-state index contributed by atoms with van der Waals surface area (Å²) in [5.74, 6) is 0.594. The minimum atomic E-state index is -0.163. The summed E-state index contributed by atoms with van der Waals surface area (Å²) < 4.78 is 5.52. The molecule has 2 heterocycles. The number of ether oxygens (including phenoxy) is 1. The highest BCUT2D eigenvalue weighted by molar-refractivity contribution is 6.15. The quantitative estimate of drug-likeness (QED) is 0.794. The summed E-state index contributed by atoms with van der Waals surface area (Å²) in [6.45, 7) is 1.77. The largest absolute Gasteiger partial charge is 0.508 e. The number of fused-ring (bicyclic) bond motifs is 1. The van der Waals surface area contributed by atoms with E-state index in [4.69, 9.17) is 4.74 Å². The van der Waals surface area contributed by atoms with Crippen LogP contribution in [0.25, 0.3) is 6.08 Å². The summed E-state index contributed by atoms with van der Waals surface area (Å²) in [6.07, 6.45) is 4.96. The zero-order valence-corrected chi connectivity index (χ0v) is 10.3. The van der Waals surface area contributed by atoms with Gasteiger partial charge in [-0.1, -0.05) is 0 Å². The first kappa shape index (κ1) is 11.5. The van der Waals surface area contributed by atoms with Crippen LogP contribution in [-0.2, 0) is 0 Å². The summed E-state index contributed by atoms with van der Waals surface area (Å²) in [5.41, 5.74) is 2.06. The van der Waals surface area contributed by atoms with Crippen molar-refractivity contribution in [1.82, 2.24) is 4.98 Å². The molecule has 1 aliphatic rings.